The number of nitrogens with zero attached hydrogens (tertiary/aromatic N) is 1. The van der Waals surface area contributed by atoms with Crippen molar-refractivity contribution in [1.82, 2.24) is 15.6 Å². The molecule has 2 amide bonds. The molecule has 3 rings (SSSR count). The lowest BCUT2D eigenvalue weighted by Gasteiger charge is -2.37. The lowest BCUT2D eigenvalue weighted by Crippen LogP contribution is -2.49. The smallest absolute Gasteiger partial charge is 0.270 e. The van der Waals surface area contributed by atoms with Gasteiger partial charge in [0.05, 0.1) is 5.51 Å². The highest BCUT2D eigenvalue weighted by atomic mass is 32.1. The number of nitrogens with one attached hydrogen (secondary N) is 2. The highest BCUT2D eigenvalue weighted by Gasteiger charge is 2.40. The monoisotopic (exact) mass is 279 g/mol. The number of thiazole rings is 1. The van der Waals surface area contributed by atoms with E-state index >= 15 is 0 Å². The van der Waals surface area contributed by atoms with Gasteiger partial charge in [0.15, 0.2) is 0 Å². The molecule has 2 aliphatic rings. The Morgan fingerprint density at radius 1 is 1.42 bits per heavy atom. The fourth-order valence-corrected chi connectivity index (χ4v) is 3.58. The van der Waals surface area contributed by atoms with Gasteiger partial charge in [0, 0.05) is 23.4 Å². The van der Waals surface area contributed by atoms with Gasteiger partial charge in [-0.15, -0.1) is 11.3 Å². The molecule has 1 spiro atoms. The van der Waals surface area contributed by atoms with E-state index in [0.29, 0.717) is 12.1 Å². The van der Waals surface area contributed by atoms with Crippen LogP contribution in [-0.2, 0) is 4.79 Å². The molecular formula is C13H17N3O2S. The third-order valence-electron chi connectivity index (χ3n) is 4.18. The molecule has 0 atom stereocenters. The van der Waals surface area contributed by atoms with Gasteiger partial charge in [-0.25, -0.2) is 4.98 Å². The maximum absolute atomic E-state index is 11.9. The van der Waals surface area contributed by atoms with E-state index in [1.165, 1.54) is 11.3 Å². The number of rotatable bonds is 2. The van der Waals surface area contributed by atoms with Crippen molar-refractivity contribution in [2.75, 3.05) is 0 Å². The van der Waals surface area contributed by atoms with Crippen molar-refractivity contribution < 1.29 is 9.59 Å². The van der Waals surface area contributed by atoms with E-state index in [4.69, 9.17) is 0 Å². The van der Waals surface area contributed by atoms with E-state index in [0.717, 1.165) is 32.1 Å². The molecule has 6 heteroatoms. The van der Waals surface area contributed by atoms with E-state index in [1.54, 1.807) is 10.9 Å². The van der Waals surface area contributed by atoms with Gasteiger partial charge in [-0.05, 0) is 32.1 Å². The second-order valence-electron chi connectivity index (χ2n) is 5.45. The Hall–Kier alpha value is -1.43. The van der Waals surface area contributed by atoms with Crippen molar-refractivity contribution >= 4 is 23.2 Å². The average molecular weight is 279 g/mol. The van der Waals surface area contributed by atoms with E-state index in [-0.39, 0.29) is 23.4 Å². The minimum absolute atomic E-state index is 0.0128. The SMILES string of the molecule is O=C1CCC2(CCC(NC(=O)c3cscn3)CC2)N1. The lowest BCUT2D eigenvalue weighted by atomic mass is 9.78. The van der Waals surface area contributed by atoms with Crippen LogP contribution in [-0.4, -0.2) is 28.4 Å². The second kappa shape index (κ2) is 4.92. The molecule has 1 aromatic rings. The van der Waals surface area contributed by atoms with Crippen LogP contribution in [0.25, 0.3) is 0 Å². The molecule has 1 aromatic heterocycles. The molecule has 5 nitrogen and oxygen atoms in total. The molecule has 0 unspecified atom stereocenters. The zero-order valence-electron chi connectivity index (χ0n) is 10.6. The van der Waals surface area contributed by atoms with Crippen molar-refractivity contribution in [3.8, 4) is 0 Å². The second-order valence-corrected chi connectivity index (χ2v) is 6.17. The summed E-state index contributed by atoms with van der Waals surface area (Å²) in [7, 11) is 0. The lowest BCUT2D eigenvalue weighted by molar-refractivity contribution is -0.120. The standard InChI is InChI=1S/C13H17N3O2S/c17-11-3-6-13(16-11)4-1-9(2-5-13)15-12(18)10-7-19-8-14-10/h7-9H,1-6H2,(H,15,18)(H,16,17). The van der Waals surface area contributed by atoms with Gasteiger partial charge in [-0.2, -0.15) is 0 Å². The number of carbonyl (C=O) groups is 2. The summed E-state index contributed by atoms with van der Waals surface area (Å²) >= 11 is 1.43. The highest BCUT2D eigenvalue weighted by Crippen LogP contribution is 2.35. The summed E-state index contributed by atoms with van der Waals surface area (Å²) in [5, 5.41) is 7.90. The molecule has 2 N–H and O–H groups in total. The topological polar surface area (TPSA) is 71.1 Å². The van der Waals surface area contributed by atoms with Gasteiger partial charge in [0.25, 0.3) is 5.91 Å². The fourth-order valence-electron chi connectivity index (χ4n) is 3.05. The third-order valence-corrected chi connectivity index (χ3v) is 4.76. The molecule has 1 aliphatic heterocycles. The van der Waals surface area contributed by atoms with E-state index < -0.39 is 0 Å². The molecule has 2 fully saturated rings. The predicted octanol–water partition coefficient (Wildman–Crippen LogP) is 1.46. The van der Waals surface area contributed by atoms with Crippen LogP contribution in [0.2, 0.25) is 0 Å². The number of hydrogen-bond acceptors (Lipinski definition) is 4. The minimum atomic E-state index is -0.0855. The summed E-state index contributed by atoms with van der Waals surface area (Å²) < 4.78 is 0. The largest absolute Gasteiger partial charge is 0.351 e. The first-order valence-corrected chi connectivity index (χ1v) is 7.61. The maximum atomic E-state index is 11.9. The van der Waals surface area contributed by atoms with Gasteiger partial charge in [-0.3, -0.25) is 9.59 Å². The van der Waals surface area contributed by atoms with Crippen LogP contribution < -0.4 is 10.6 Å². The zero-order chi connectivity index (χ0) is 13.3. The fraction of sp³-hybridized carbons (Fsp3) is 0.615. The van der Waals surface area contributed by atoms with Crippen LogP contribution in [0, 0.1) is 0 Å². The van der Waals surface area contributed by atoms with Crippen LogP contribution >= 0.6 is 11.3 Å². The molecule has 0 aromatic carbocycles. The van der Waals surface area contributed by atoms with E-state index in [1.807, 2.05) is 0 Å². The van der Waals surface area contributed by atoms with Crippen molar-refractivity contribution in [2.45, 2.75) is 50.1 Å². The van der Waals surface area contributed by atoms with Crippen molar-refractivity contribution in [2.24, 2.45) is 0 Å². The molecule has 19 heavy (non-hydrogen) atoms. The van der Waals surface area contributed by atoms with Crippen LogP contribution in [0.4, 0.5) is 0 Å². The van der Waals surface area contributed by atoms with Gasteiger partial charge in [0.2, 0.25) is 5.91 Å². The Morgan fingerprint density at radius 2 is 2.21 bits per heavy atom. The molecule has 1 saturated heterocycles. The highest BCUT2D eigenvalue weighted by molar-refractivity contribution is 7.07. The van der Waals surface area contributed by atoms with Gasteiger partial charge in [-0.1, -0.05) is 0 Å². The summed E-state index contributed by atoms with van der Waals surface area (Å²) in [6.07, 6.45) is 5.36. The molecule has 0 bridgehead atoms. The first kappa shape index (κ1) is 12.6. The Balaban J connectivity index is 1.53. The van der Waals surface area contributed by atoms with Gasteiger partial charge < -0.3 is 10.6 Å². The summed E-state index contributed by atoms with van der Waals surface area (Å²) in [4.78, 5) is 27.3. The normalized spacial score (nSPS) is 30.3. The van der Waals surface area contributed by atoms with Crippen molar-refractivity contribution in [3.05, 3.63) is 16.6 Å². The van der Waals surface area contributed by atoms with E-state index in [9.17, 15) is 9.59 Å². The number of hydrogen-bond donors (Lipinski definition) is 2. The first-order chi connectivity index (χ1) is 9.17. The van der Waals surface area contributed by atoms with Crippen LogP contribution in [0.5, 0.6) is 0 Å². The van der Waals surface area contributed by atoms with Crippen LogP contribution in [0.1, 0.15) is 49.0 Å². The molecule has 0 radical (unpaired) electrons. The Kier molecular flexibility index (Phi) is 3.26. The minimum Gasteiger partial charge on any atom is -0.351 e. The summed E-state index contributed by atoms with van der Waals surface area (Å²) in [5.74, 6) is 0.0858. The summed E-state index contributed by atoms with van der Waals surface area (Å²) in [6, 6.07) is 0.206. The van der Waals surface area contributed by atoms with Crippen LogP contribution in [0.15, 0.2) is 10.9 Å². The average Bonchev–Trinajstić information content (AvgIpc) is 3.03. The first-order valence-electron chi connectivity index (χ1n) is 6.67. The molecule has 1 saturated carbocycles. The predicted molar refractivity (Wildman–Crippen MR) is 71.9 cm³/mol. The summed E-state index contributed by atoms with van der Waals surface area (Å²) in [5.41, 5.74) is 2.18. The maximum Gasteiger partial charge on any atom is 0.270 e. The molecule has 1 aliphatic carbocycles. The zero-order valence-corrected chi connectivity index (χ0v) is 11.5. The van der Waals surface area contributed by atoms with Crippen molar-refractivity contribution in [3.63, 3.8) is 0 Å². The van der Waals surface area contributed by atoms with E-state index in [2.05, 4.69) is 15.6 Å². The van der Waals surface area contributed by atoms with Crippen molar-refractivity contribution in [1.29, 1.82) is 0 Å². The Labute approximate surface area is 115 Å². The quantitative estimate of drug-likeness (QED) is 0.861. The van der Waals surface area contributed by atoms with Crippen LogP contribution in [0.3, 0.4) is 0 Å². The van der Waals surface area contributed by atoms with Gasteiger partial charge >= 0.3 is 0 Å². The Bertz CT molecular complexity index is 478. The van der Waals surface area contributed by atoms with Gasteiger partial charge in [0.1, 0.15) is 5.69 Å². The number of aromatic nitrogens is 1. The number of carbonyl (C=O) groups excluding carboxylic acids is 2. The summed E-state index contributed by atoms with van der Waals surface area (Å²) in [6.45, 7) is 0. The molecule has 2 heterocycles. The number of amides is 2. The molecule has 102 valence electrons. The molecular weight excluding hydrogens is 262 g/mol. The third kappa shape index (κ3) is 2.63. The Morgan fingerprint density at radius 3 is 2.79 bits per heavy atom.